The minimum atomic E-state index is -1.01. The summed E-state index contributed by atoms with van der Waals surface area (Å²) in [5, 5.41) is 11.4. The van der Waals surface area contributed by atoms with Gasteiger partial charge in [0.2, 0.25) is 0 Å². The lowest BCUT2D eigenvalue weighted by Crippen LogP contribution is -2.20. The molecule has 2 rings (SSSR count). The van der Waals surface area contributed by atoms with E-state index in [9.17, 15) is 14.9 Å². The van der Waals surface area contributed by atoms with Crippen LogP contribution in [0.25, 0.3) is 0 Å². The van der Waals surface area contributed by atoms with Crippen molar-refractivity contribution in [3.8, 4) is 6.07 Å². The Morgan fingerprint density at radius 3 is 2.75 bits per heavy atom. The van der Waals surface area contributed by atoms with Crippen molar-refractivity contribution >= 4 is 28.8 Å². The van der Waals surface area contributed by atoms with Crippen molar-refractivity contribution in [3.05, 3.63) is 45.9 Å². The number of Topliss-reactive ketones (excluding diaryl/α,β-unsaturated/α-hetero) is 1. The van der Waals surface area contributed by atoms with E-state index in [0.29, 0.717) is 10.6 Å². The van der Waals surface area contributed by atoms with Crippen molar-refractivity contribution in [2.45, 2.75) is 12.8 Å². The van der Waals surface area contributed by atoms with Crippen LogP contribution in [0.5, 0.6) is 0 Å². The van der Waals surface area contributed by atoms with Gasteiger partial charge in [0.15, 0.2) is 18.3 Å². The van der Waals surface area contributed by atoms with E-state index in [1.165, 1.54) is 11.3 Å². The highest BCUT2D eigenvalue weighted by atomic mass is 32.1. The minimum Gasteiger partial charge on any atom is -0.454 e. The highest BCUT2D eigenvalue weighted by Crippen LogP contribution is 2.21. The average molecular weight is 343 g/mol. The first-order valence-electron chi connectivity index (χ1n) is 7.21. The number of rotatable bonds is 6. The van der Waals surface area contributed by atoms with Gasteiger partial charge in [-0.25, -0.2) is 9.78 Å². The number of ketones is 1. The van der Waals surface area contributed by atoms with Gasteiger partial charge in [-0.3, -0.25) is 4.79 Å². The summed E-state index contributed by atoms with van der Waals surface area (Å²) in [6, 6.07) is 8.82. The Labute approximate surface area is 144 Å². The number of nitrogens with zero attached hydrogens (tertiary/aromatic N) is 3. The summed E-state index contributed by atoms with van der Waals surface area (Å²) in [5.41, 5.74) is 1.96. The van der Waals surface area contributed by atoms with Crippen molar-refractivity contribution in [3.63, 3.8) is 0 Å². The highest BCUT2D eigenvalue weighted by molar-refractivity contribution is 7.09. The van der Waals surface area contributed by atoms with E-state index in [4.69, 9.17) is 4.74 Å². The van der Waals surface area contributed by atoms with Crippen LogP contribution in [0.2, 0.25) is 0 Å². The fourth-order valence-corrected chi connectivity index (χ4v) is 2.85. The van der Waals surface area contributed by atoms with Crippen molar-refractivity contribution in [1.29, 1.82) is 5.26 Å². The van der Waals surface area contributed by atoms with Crippen LogP contribution in [-0.2, 0) is 9.53 Å². The molecule has 6 nitrogen and oxygen atoms in total. The molecular weight excluding hydrogens is 326 g/mol. The van der Waals surface area contributed by atoms with E-state index < -0.39 is 24.3 Å². The lowest BCUT2D eigenvalue weighted by molar-refractivity contribution is -0.122. The highest BCUT2D eigenvalue weighted by Gasteiger charge is 2.24. The molecule has 0 amide bonds. The second kappa shape index (κ2) is 7.70. The zero-order valence-electron chi connectivity index (χ0n) is 13.6. The number of thiazole rings is 1. The van der Waals surface area contributed by atoms with Crippen LogP contribution in [0.15, 0.2) is 29.6 Å². The molecule has 0 N–H and O–H groups in total. The summed E-state index contributed by atoms with van der Waals surface area (Å²) >= 11 is 1.25. The van der Waals surface area contributed by atoms with Crippen LogP contribution in [0.1, 0.15) is 27.0 Å². The number of carbonyl (C=O) groups excluding carboxylic acids is 2. The smallest absolute Gasteiger partial charge is 0.338 e. The molecule has 0 fully saturated rings. The van der Waals surface area contributed by atoms with Gasteiger partial charge >= 0.3 is 5.97 Å². The summed E-state index contributed by atoms with van der Waals surface area (Å²) in [6.07, 6.45) is 0. The van der Waals surface area contributed by atoms with E-state index in [1.54, 1.807) is 30.5 Å². The van der Waals surface area contributed by atoms with Gasteiger partial charge < -0.3 is 9.64 Å². The van der Waals surface area contributed by atoms with Crippen molar-refractivity contribution in [2.24, 2.45) is 0 Å². The molecule has 0 spiro atoms. The van der Waals surface area contributed by atoms with Crippen molar-refractivity contribution < 1.29 is 14.3 Å². The maximum atomic E-state index is 12.2. The maximum absolute atomic E-state index is 12.2. The Bertz CT molecular complexity index is 792. The SMILES string of the molecule is Cc1csc([C@H](C#N)C(=O)COC(=O)c2cccc(N(C)C)c2)n1. The minimum absolute atomic E-state index is 0.354. The molecule has 7 heteroatoms. The number of aryl methyl sites for hydroxylation is 1. The Morgan fingerprint density at radius 2 is 2.17 bits per heavy atom. The van der Waals surface area contributed by atoms with Gasteiger partial charge in [-0.2, -0.15) is 5.26 Å². The summed E-state index contributed by atoms with van der Waals surface area (Å²) in [6.45, 7) is 1.33. The van der Waals surface area contributed by atoms with Gasteiger partial charge in [-0.15, -0.1) is 11.3 Å². The van der Waals surface area contributed by atoms with E-state index in [2.05, 4.69) is 4.98 Å². The van der Waals surface area contributed by atoms with Crippen molar-refractivity contribution in [2.75, 3.05) is 25.6 Å². The van der Waals surface area contributed by atoms with Gasteiger partial charge in [0.25, 0.3) is 0 Å². The van der Waals surface area contributed by atoms with Crippen LogP contribution in [-0.4, -0.2) is 37.4 Å². The first-order valence-corrected chi connectivity index (χ1v) is 8.09. The normalized spacial score (nSPS) is 11.4. The molecule has 1 heterocycles. The Hall–Kier alpha value is -2.72. The van der Waals surface area contributed by atoms with Crippen LogP contribution in [0.4, 0.5) is 5.69 Å². The topological polar surface area (TPSA) is 83.3 Å². The maximum Gasteiger partial charge on any atom is 0.338 e. The van der Waals surface area contributed by atoms with Crippen LogP contribution in [0.3, 0.4) is 0 Å². The monoisotopic (exact) mass is 343 g/mol. The average Bonchev–Trinajstić information content (AvgIpc) is 2.99. The number of benzene rings is 1. The largest absolute Gasteiger partial charge is 0.454 e. The van der Waals surface area contributed by atoms with E-state index >= 15 is 0 Å². The third kappa shape index (κ3) is 4.18. The fraction of sp³-hybridized carbons (Fsp3) is 0.294. The Kier molecular flexibility index (Phi) is 5.66. The lowest BCUT2D eigenvalue weighted by atomic mass is 10.1. The van der Waals surface area contributed by atoms with Crippen LogP contribution >= 0.6 is 11.3 Å². The van der Waals surface area contributed by atoms with Gasteiger partial charge in [-0.05, 0) is 25.1 Å². The first kappa shape index (κ1) is 17.6. The number of hydrogen-bond acceptors (Lipinski definition) is 7. The molecule has 24 heavy (non-hydrogen) atoms. The Morgan fingerprint density at radius 1 is 1.42 bits per heavy atom. The molecule has 1 aromatic heterocycles. The van der Waals surface area contributed by atoms with Crippen LogP contribution in [0, 0.1) is 18.3 Å². The molecule has 124 valence electrons. The predicted molar refractivity (Wildman–Crippen MR) is 91.3 cm³/mol. The zero-order chi connectivity index (χ0) is 17.7. The van der Waals surface area contributed by atoms with Crippen LogP contribution < -0.4 is 4.90 Å². The van der Waals surface area contributed by atoms with E-state index in [0.717, 1.165) is 11.4 Å². The molecule has 1 atom stereocenters. The third-order valence-corrected chi connectivity index (χ3v) is 4.31. The number of ether oxygens (including phenoxy) is 1. The number of nitriles is 1. The standard InChI is InChI=1S/C17H17N3O3S/c1-11-10-24-16(19-11)14(8-18)15(21)9-23-17(22)12-5-4-6-13(7-12)20(2)3/h4-7,10,14H,9H2,1-3H3/t14-/m1/s1. The molecule has 0 saturated carbocycles. The van der Waals surface area contributed by atoms with E-state index in [1.807, 2.05) is 31.1 Å². The number of aromatic nitrogens is 1. The quantitative estimate of drug-likeness (QED) is 0.750. The van der Waals surface area contributed by atoms with Gasteiger partial charge in [0.1, 0.15) is 5.01 Å². The number of carbonyl (C=O) groups is 2. The fourth-order valence-electron chi connectivity index (χ4n) is 1.98. The van der Waals surface area contributed by atoms with Crippen molar-refractivity contribution in [1.82, 2.24) is 4.98 Å². The molecule has 0 aliphatic carbocycles. The summed E-state index contributed by atoms with van der Waals surface area (Å²) in [7, 11) is 3.73. The molecule has 2 aromatic rings. The third-order valence-electron chi connectivity index (χ3n) is 3.28. The number of esters is 1. The van der Waals surface area contributed by atoms with E-state index in [-0.39, 0.29) is 0 Å². The number of hydrogen-bond donors (Lipinski definition) is 0. The molecule has 0 aliphatic heterocycles. The zero-order valence-corrected chi connectivity index (χ0v) is 14.5. The molecule has 0 aliphatic rings. The molecule has 0 radical (unpaired) electrons. The second-order valence-electron chi connectivity index (χ2n) is 5.38. The lowest BCUT2D eigenvalue weighted by Gasteiger charge is -2.13. The van der Waals surface area contributed by atoms with Gasteiger partial charge in [-0.1, -0.05) is 6.07 Å². The number of anilines is 1. The summed E-state index contributed by atoms with van der Waals surface area (Å²) in [5.74, 6) is -2.09. The first-order chi connectivity index (χ1) is 11.4. The summed E-state index contributed by atoms with van der Waals surface area (Å²) < 4.78 is 5.05. The molecule has 0 bridgehead atoms. The molecule has 0 unspecified atom stereocenters. The van der Waals surface area contributed by atoms with Gasteiger partial charge in [0, 0.05) is 30.9 Å². The predicted octanol–water partition coefficient (Wildman–Crippen LogP) is 2.55. The molecule has 0 saturated heterocycles. The Balaban J connectivity index is 2.01. The summed E-state index contributed by atoms with van der Waals surface area (Å²) in [4.78, 5) is 30.2. The van der Waals surface area contributed by atoms with Gasteiger partial charge in [0.05, 0.1) is 11.6 Å². The second-order valence-corrected chi connectivity index (χ2v) is 6.27. The molecular formula is C17H17N3O3S. The molecule has 1 aromatic carbocycles.